The molecule has 4 heteroatoms. The predicted octanol–water partition coefficient (Wildman–Crippen LogP) is 3.61. The van der Waals surface area contributed by atoms with Crippen molar-refractivity contribution in [2.75, 3.05) is 13.1 Å². The van der Waals surface area contributed by atoms with Crippen LogP contribution in [0.5, 0.6) is 0 Å². The minimum Gasteiger partial charge on any atom is -0.339 e. The minimum absolute atomic E-state index is 0.0573. The molecule has 0 atom stereocenters. The van der Waals surface area contributed by atoms with Crippen molar-refractivity contribution < 1.29 is 4.79 Å². The molecule has 1 aromatic rings. The summed E-state index contributed by atoms with van der Waals surface area (Å²) in [7, 11) is 0. The van der Waals surface area contributed by atoms with E-state index < -0.39 is 0 Å². The SMILES string of the molecule is CCCN(CC)C(=O)c1ccc(Br)cc1S. The molecule has 2 nitrogen and oxygen atoms in total. The number of benzene rings is 1. The van der Waals surface area contributed by atoms with Crippen LogP contribution in [0.25, 0.3) is 0 Å². The molecule has 0 aromatic heterocycles. The molecule has 16 heavy (non-hydrogen) atoms. The lowest BCUT2D eigenvalue weighted by Crippen LogP contribution is -2.31. The molecule has 0 heterocycles. The monoisotopic (exact) mass is 301 g/mol. The zero-order chi connectivity index (χ0) is 12.1. The van der Waals surface area contributed by atoms with Crippen LogP contribution in [-0.2, 0) is 0 Å². The molecule has 0 aliphatic carbocycles. The molecule has 0 saturated heterocycles. The molecule has 1 amide bonds. The Hall–Kier alpha value is -0.480. The summed E-state index contributed by atoms with van der Waals surface area (Å²) in [4.78, 5) is 14.7. The second kappa shape index (κ2) is 6.30. The first-order valence-electron chi connectivity index (χ1n) is 5.38. The van der Waals surface area contributed by atoms with Gasteiger partial charge in [-0.3, -0.25) is 4.79 Å². The van der Waals surface area contributed by atoms with Gasteiger partial charge in [0.15, 0.2) is 0 Å². The van der Waals surface area contributed by atoms with Crippen molar-refractivity contribution in [3.05, 3.63) is 28.2 Å². The van der Waals surface area contributed by atoms with E-state index in [1.165, 1.54) is 0 Å². The van der Waals surface area contributed by atoms with Crippen molar-refractivity contribution in [1.82, 2.24) is 4.90 Å². The van der Waals surface area contributed by atoms with Crippen LogP contribution in [0.2, 0.25) is 0 Å². The number of carbonyl (C=O) groups excluding carboxylic acids is 1. The number of thiol groups is 1. The number of hydrogen-bond acceptors (Lipinski definition) is 2. The topological polar surface area (TPSA) is 20.3 Å². The van der Waals surface area contributed by atoms with E-state index in [-0.39, 0.29) is 5.91 Å². The second-order valence-electron chi connectivity index (χ2n) is 3.55. The third-order valence-corrected chi connectivity index (χ3v) is 3.22. The summed E-state index contributed by atoms with van der Waals surface area (Å²) in [6.07, 6.45) is 0.970. The molecule has 0 aliphatic heterocycles. The van der Waals surface area contributed by atoms with Crippen LogP contribution in [0.4, 0.5) is 0 Å². The van der Waals surface area contributed by atoms with Gasteiger partial charge in [0.25, 0.3) is 5.91 Å². The van der Waals surface area contributed by atoms with Crippen molar-refractivity contribution in [2.45, 2.75) is 25.2 Å². The number of carbonyl (C=O) groups is 1. The van der Waals surface area contributed by atoms with Gasteiger partial charge in [0.2, 0.25) is 0 Å². The minimum atomic E-state index is 0.0573. The van der Waals surface area contributed by atoms with E-state index in [2.05, 4.69) is 35.5 Å². The molecular weight excluding hydrogens is 286 g/mol. The highest BCUT2D eigenvalue weighted by Gasteiger charge is 2.15. The van der Waals surface area contributed by atoms with E-state index in [4.69, 9.17) is 0 Å². The highest BCUT2D eigenvalue weighted by atomic mass is 79.9. The summed E-state index contributed by atoms with van der Waals surface area (Å²) in [6, 6.07) is 5.52. The van der Waals surface area contributed by atoms with Crippen molar-refractivity contribution in [3.63, 3.8) is 0 Å². The number of rotatable bonds is 4. The normalized spacial score (nSPS) is 10.2. The van der Waals surface area contributed by atoms with Crippen molar-refractivity contribution in [3.8, 4) is 0 Å². The third kappa shape index (κ3) is 3.25. The Morgan fingerprint density at radius 2 is 2.12 bits per heavy atom. The predicted molar refractivity (Wildman–Crippen MR) is 73.3 cm³/mol. The average molecular weight is 302 g/mol. The molecule has 0 spiro atoms. The van der Waals surface area contributed by atoms with Crippen molar-refractivity contribution >= 4 is 34.5 Å². The van der Waals surface area contributed by atoms with Gasteiger partial charge in [-0.15, -0.1) is 12.6 Å². The van der Waals surface area contributed by atoms with Crippen LogP contribution >= 0.6 is 28.6 Å². The lowest BCUT2D eigenvalue weighted by molar-refractivity contribution is 0.0761. The van der Waals surface area contributed by atoms with Gasteiger partial charge in [0.05, 0.1) is 5.56 Å². The Morgan fingerprint density at radius 1 is 1.44 bits per heavy atom. The summed E-state index contributed by atoms with van der Waals surface area (Å²) >= 11 is 7.69. The first-order valence-corrected chi connectivity index (χ1v) is 6.62. The Bertz CT molecular complexity index is 381. The van der Waals surface area contributed by atoms with Crippen LogP contribution in [0, 0.1) is 0 Å². The molecule has 0 bridgehead atoms. The lowest BCUT2D eigenvalue weighted by atomic mass is 10.2. The molecule has 0 fully saturated rings. The number of amides is 1. The van der Waals surface area contributed by atoms with Crippen LogP contribution in [0.15, 0.2) is 27.6 Å². The summed E-state index contributed by atoms with van der Waals surface area (Å²) in [6.45, 7) is 5.58. The van der Waals surface area contributed by atoms with E-state index in [0.29, 0.717) is 10.5 Å². The molecule has 0 saturated carbocycles. The van der Waals surface area contributed by atoms with Gasteiger partial charge in [-0.2, -0.15) is 0 Å². The summed E-state index contributed by atoms with van der Waals surface area (Å²) in [5.41, 5.74) is 0.668. The first-order chi connectivity index (χ1) is 7.60. The molecule has 88 valence electrons. The van der Waals surface area contributed by atoms with E-state index in [9.17, 15) is 4.79 Å². The Kier molecular flexibility index (Phi) is 5.35. The quantitative estimate of drug-likeness (QED) is 0.843. The summed E-state index contributed by atoms with van der Waals surface area (Å²) in [5, 5.41) is 0. The van der Waals surface area contributed by atoms with Gasteiger partial charge in [-0.05, 0) is 31.5 Å². The largest absolute Gasteiger partial charge is 0.339 e. The van der Waals surface area contributed by atoms with Gasteiger partial charge in [0, 0.05) is 22.5 Å². The van der Waals surface area contributed by atoms with E-state index in [1.807, 2.05) is 30.0 Å². The maximum Gasteiger partial charge on any atom is 0.254 e. The third-order valence-electron chi connectivity index (χ3n) is 2.35. The van der Waals surface area contributed by atoms with Gasteiger partial charge < -0.3 is 4.90 Å². The maximum atomic E-state index is 12.2. The van der Waals surface area contributed by atoms with Crippen LogP contribution in [0.1, 0.15) is 30.6 Å². The van der Waals surface area contributed by atoms with Crippen LogP contribution in [-0.4, -0.2) is 23.9 Å². The van der Waals surface area contributed by atoms with Gasteiger partial charge in [0.1, 0.15) is 0 Å². The Labute approximate surface area is 111 Å². The molecular formula is C12H16BrNOS. The zero-order valence-corrected chi connectivity index (χ0v) is 12.0. The van der Waals surface area contributed by atoms with Gasteiger partial charge in [-0.1, -0.05) is 22.9 Å². The Balaban J connectivity index is 2.94. The maximum absolute atomic E-state index is 12.2. The van der Waals surface area contributed by atoms with E-state index >= 15 is 0 Å². The molecule has 0 N–H and O–H groups in total. The fourth-order valence-corrected chi connectivity index (χ4v) is 2.38. The molecule has 1 aromatic carbocycles. The van der Waals surface area contributed by atoms with Crippen LogP contribution < -0.4 is 0 Å². The number of hydrogen-bond donors (Lipinski definition) is 1. The van der Waals surface area contributed by atoms with E-state index in [1.54, 1.807) is 0 Å². The summed E-state index contributed by atoms with van der Waals surface area (Å²) < 4.78 is 0.938. The van der Waals surface area contributed by atoms with E-state index in [0.717, 1.165) is 24.0 Å². The molecule has 1 rings (SSSR count). The molecule has 0 radical (unpaired) electrons. The fourth-order valence-electron chi connectivity index (χ4n) is 1.53. The van der Waals surface area contributed by atoms with Crippen LogP contribution in [0.3, 0.4) is 0 Å². The number of nitrogens with zero attached hydrogens (tertiary/aromatic N) is 1. The average Bonchev–Trinajstić information content (AvgIpc) is 2.25. The second-order valence-corrected chi connectivity index (χ2v) is 4.94. The highest BCUT2D eigenvalue weighted by molar-refractivity contribution is 9.10. The molecule has 0 unspecified atom stereocenters. The van der Waals surface area contributed by atoms with Gasteiger partial charge >= 0.3 is 0 Å². The lowest BCUT2D eigenvalue weighted by Gasteiger charge is -2.20. The number of halogens is 1. The smallest absolute Gasteiger partial charge is 0.254 e. The van der Waals surface area contributed by atoms with Crippen molar-refractivity contribution in [2.24, 2.45) is 0 Å². The molecule has 0 aliphatic rings. The zero-order valence-electron chi connectivity index (χ0n) is 9.53. The van der Waals surface area contributed by atoms with Gasteiger partial charge in [-0.25, -0.2) is 0 Å². The van der Waals surface area contributed by atoms with Crippen molar-refractivity contribution in [1.29, 1.82) is 0 Å². The highest BCUT2D eigenvalue weighted by Crippen LogP contribution is 2.21. The first kappa shape index (κ1) is 13.6. The standard InChI is InChI=1S/C12H16BrNOS/c1-3-7-14(4-2)12(15)10-6-5-9(13)8-11(10)16/h5-6,8,16H,3-4,7H2,1-2H3. The Morgan fingerprint density at radius 3 is 2.62 bits per heavy atom. The summed E-state index contributed by atoms with van der Waals surface area (Å²) in [5.74, 6) is 0.0573. The fraction of sp³-hybridized carbons (Fsp3) is 0.417.